The first kappa shape index (κ1) is 22.0. The molecule has 1 N–H and O–H groups in total. The molecule has 0 spiro atoms. The summed E-state index contributed by atoms with van der Waals surface area (Å²) in [6.45, 7) is 4.32. The van der Waals surface area contributed by atoms with Crippen molar-refractivity contribution >= 4 is 39.4 Å². The Labute approximate surface area is 184 Å². The van der Waals surface area contributed by atoms with Crippen molar-refractivity contribution in [2.45, 2.75) is 33.2 Å². The minimum atomic E-state index is -0.547. The maximum atomic E-state index is 12.4. The molecule has 1 heterocycles. The molecule has 6 nitrogen and oxygen atoms in total. The maximum Gasteiger partial charge on any atom is 0.311 e. The van der Waals surface area contributed by atoms with Gasteiger partial charge in [-0.3, -0.25) is 14.4 Å². The van der Waals surface area contributed by atoms with Crippen LogP contribution in [0.3, 0.4) is 0 Å². The van der Waals surface area contributed by atoms with Gasteiger partial charge in [0.2, 0.25) is 5.91 Å². The number of rotatable bonds is 7. The number of nitrogens with one attached hydrogen (secondary N) is 1. The van der Waals surface area contributed by atoms with Gasteiger partial charge in [0.1, 0.15) is 0 Å². The van der Waals surface area contributed by atoms with Gasteiger partial charge in [-0.1, -0.05) is 53.2 Å². The quantitative estimate of drug-likeness (QED) is 0.620. The molecule has 3 rings (SSSR count). The van der Waals surface area contributed by atoms with Crippen LogP contribution in [0.2, 0.25) is 0 Å². The summed E-state index contributed by atoms with van der Waals surface area (Å²) < 4.78 is 6.16. The third-order valence-corrected chi connectivity index (χ3v) is 5.59. The largest absolute Gasteiger partial charge is 0.455 e. The van der Waals surface area contributed by atoms with E-state index in [0.717, 1.165) is 33.3 Å². The van der Waals surface area contributed by atoms with Crippen molar-refractivity contribution in [3.05, 3.63) is 63.6 Å². The highest BCUT2D eigenvalue weighted by Gasteiger charge is 2.35. The molecule has 30 heavy (non-hydrogen) atoms. The highest BCUT2D eigenvalue weighted by Crippen LogP contribution is 2.26. The zero-order valence-electron chi connectivity index (χ0n) is 17.1. The minimum absolute atomic E-state index is 0.0803. The van der Waals surface area contributed by atoms with Gasteiger partial charge in [-0.05, 0) is 42.2 Å². The Hall–Kier alpha value is -2.67. The van der Waals surface area contributed by atoms with Crippen molar-refractivity contribution in [3.8, 4) is 0 Å². The highest BCUT2D eigenvalue weighted by atomic mass is 79.9. The van der Waals surface area contributed by atoms with E-state index in [9.17, 15) is 14.4 Å². The van der Waals surface area contributed by atoms with Crippen LogP contribution in [0.25, 0.3) is 0 Å². The number of halogens is 1. The second-order valence-corrected chi connectivity index (χ2v) is 8.34. The molecule has 2 amide bonds. The zero-order valence-corrected chi connectivity index (χ0v) is 18.7. The lowest BCUT2D eigenvalue weighted by Gasteiger charge is -2.17. The average molecular weight is 473 g/mol. The summed E-state index contributed by atoms with van der Waals surface area (Å²) in [6.07, 6.45) is 0.871. The van der Waals surface area contributed by atoms with E-state index < -0.39 is 17.8 Å². The van der Waals surface area contributed by atoms with E-state index in [-0.39, 0.29) is 18.9 Å². The van der Waals surface area contributed by atoms with Crippen molar-refractivity contribution in [3.63, 3.8) is 0 Å². The Kier molecular flexibility index (Phi) is 7.26. The molecule has 0 aromatic heterocycles. The summed E-state index contributed by atoms with van der Waals surface area (Å²) in [5.74, 6) is -1.54. The Morgan fingerprint density at radius 1 is 1.23 bits per heavy atom. The Bertz CT molecular complexity index is 946. The van der Waals surface area contributed by atoms with E-state index in [1.165, 1.54) is 0 Å². The number of hydrogen-bond acceptors (Lipinski definition) is 4. The van der Waals surface area contributed by atoms with Crippen LogP contribution in [-0.2, 0) is 32.1 Å². The van der Waals surface area contributed by atoms with Gasteiger partial charge in [0.15, 0.2) is 6.61 Å². The molecule has 1 saturated heterocycles. The van der Waals surface area contributed by atoms with Crippen molar-refractivity contribution < 1.29 is 19.1 Å². The molecule has 1 fully saturated rings. The molecular formula is C23H25BrN2O4. The molecule has 0 radical (unpaired) electrons. The molecule has 2 aromatic rings. The third kappa shape index (κ3) is 5.48. The first-order valence-electron chi connectivity index (χ1n) is 9.94. The van der Waals surface area contributed by atoms with Gasteiger partial charge in [0, 0.05) is 29.7 Å². The van der Waals surface area contributed by atoms with Crippen molar-refractivity contribution in [2.75, 3.05) is 18.5 Å². The molecule has 0 saturated carbocycles. The van der Waals surface area contributed by atoms with Crippen LogP contribution >= 0.6 is 15.9 Å². The Morgan fingerprint density at radius 3 is 2.67 bits per heavy atom. The third-order valence-electron chi connectivity index (χ3n) is 5.14. The zero-order chi connectivity index (χ0) is 21.7. The van der Waals surface area contributed by atoms with E-state index in [0.29, 0.717) is 13.1 Å². The van der Waals surface area contributed by atoms with Gasteiger partial charge >= 0.3 is 5.97 Å². The predicted octanol–water partition coefficient (Wildman–Crippen LogP) is 3.85. The van der Waals surface area contributed by atoms with Crippen LogP contribution in [0.4, 0.5) is 5.69 Å². The van der Waals surface area contributed by atoms with Crippen LogP contribution < -0.4 is 5.32 Å². The molecule has 158 valence electrons. The predicted molar refractivity (Wildman–Crippen MR) is 118 cm³/mol. The fourth-order valence-electron chi connectivity index (χ4n) is 3.59. The monoisotopic (exact) mass is 472 g/mol. The molecule has 1 aliphatic heterocycles. The highest BCUT2D eigenvalue weighted by molar-refractivity contribution is 9.10. The summed E-state index contributed by atoms with van der Waals surface area (Å²) >= 11 is 3.46. The van der Waals surface area contributed by atoms with E-state index in [4.69, 9.17) is 4.74 Å². The van der Waals surface area contributed by atoms with Gasteiger partial charge in [-0.25, -0.2) is 0 Å². The SMILES string of the molecule is CCc1cc(Br)cc(C)c1NC(=O)COC(=O)C1CC(=O)N(Cc2ccccc2)C1. The van der Waals surface area contributed by atoms with E-state index >= 15 is 0 Å². The number of nitrogens with zero attached hydrogens (tertiary/aromatic N) is 1. The number of carbonyl (C=O) groups is 3. The number of benzene rings is 2. The number of aryl methyl sites for hydroxylation is 2. The Morgan fingerprint density at radius 2 is 1.97 bits per heavy atom. The number of hydrogen-bond donors (Lipinski definition) is 1. The average Bonchev–Trinajstić information content (AvgIpc) is 3.09. The molecule has 7 heteroatoms. The summed E-state index contributed by atoms with van der Waals surface area (Å²) in [7, 11) is 0. The van der Waals surface area contributed by atoms with Crippen molar-refractivity contribution in [2.24, 2.45) is 5.92 Å². The number of anilines is 1. The first-order chi connectivity index (χ1) is 14.4. The first-order valence-corrected chi connectivity index (χ1v) is 10.7. The standard InChI is InChI=1S/C23H25BrN2O4/c1-3-17-10-19(24)9-15(2)22(17)25-20(27)14-30-23(29)18-11-21(28)26(13-18)12-16-7-5-4-6-8-16/h4-10,18H,3,11-14H2,1-2H3,(H,25,27). The molecule has 0 bridgehead atoms. The fraction of sp³-hybridized carbons (Fsp3) is 0.348. The minimum Gasteiger partial charge on any atom is -0.455 e. The molecule has 1 unspecified atom stereocenters. The molecule has 1 atom stereocenters. The second kappa shape index (κ2) is 9.89. The lowest BCUT2D eigenvalue weighted by Crippen LogP contribution is -2.28. The Balaban J connectivity index is 1.52. The number of amides is 2. The topological polar surface area (TPSA) is 75.7 Å². The van der Waals surface area contributed by atoms with Gasteiger partial charge in [-0.2, -0.15) is 0 Å². The molecule has 0 aliphatic carbocycles. The van der Waals surface area contributed by atoms with Crippen LogP contribution in [0.1, 0.15) is 30.0 Å². The smallest absolute Gasteiger partial charge is 0.311 e. The number of carbonyl (C=O) groups excluding carboxylic acids is 3. The lowest BCUT2D eigenvalue weighted by molar-refractivity contribution is -0.151. The second-order valence-electron chi connectivity index (χ2n) is 7.43. The van der Waals surface area contributed by atoms with E-state index in [1.807, 2.05) is 56.3 Å². The number of esters is 1. The summed E-state index contributed by atoms with van der Waals surface area (Å²) in [6, 6.07) is 13.5. The van der Waals surface area contributed by atoms with Gasteiger partial charge in [0.25, 0.3) is 5.91 Å². The van der Waals surface area contributed by atoms with Gasteiger partial charge in [0.05, 0.1) is 5.92 Å². The maximum absolute atomic E-state index is 12.4. The lowest BCUT2D eigenvalue weighted by atomic mass is 10.1. The van der Waals surface area contributed by atoms with Crippen LogP contribution in [0.5, 0.6) is 0 Å². The molecule has 2 aromatic carbocycles. The fourth-order valence-corrected chi connectivity index (χ4v) is 4.21. The van der Waals surface area contributed by atoms with Crippen molar-refractivity contribution in [1.29, 1.82) is 0 Å². The summed E-state index contributed by atoms with van der Waals surface area (Å²) in [5, 5.41) is 2.84. The number of ether oxygens (including phenoxy) is 1. The molecular weight excluding hydrogens is 448 g/mol. The number of likely N-dealkylation sites (tertiary alicyclic amines) is 1. The van der Waals surface area contributed by atoms with E-state index in [1.54, 1.807) is 4.90 Å². The van der Waals surface area contributed by atoms with E-state index in [2.05, 4.69) is 21.2 Å². The van der Waals surface area contributed by atoms with Crippen molar-refractivity contribution in [1.82, 2.24) is 4.90 Å². The van der Waals surface area contributed by atoms with Crippen LogP contribution in [-0.4, -0.2) is 35.8 Å². The van der Waals surface area contributed by atoms with Gasteiger partial charge < -0.3 is 15.0 Å². The molecule has 1 aliphatic rings. The normalized spacial score (nSPS) is 15.9. The van der Waals surface area contributed by atoms with Gasteiger partial charge in [-0.15, -0.1) is 0 Å². The van der Waals surface area contributed by atoms with Crippen LogP contribution in [0.15, 0.2) is 46.9 Å². The summed E-state index contributed by atoms with van der Waals surface area (Å²) in [5.41, 5.74) is 3.68. The van der Waals surface area contributed by atoms with Crippen LogP contribution in [0, 0.1) is 12.8 Å². The summed E-state index contributed by atoms with van der Waals surface area (Å²) in [4.78, 5) is 38.6.